The van der Waals surface area contributed by atoms with Crippen LogP contribution in [0.1, 0.15) is 296 Å². The van der Waals surface area contributed by atoms with E-state index in [9.17, 15) is 19.5 Å². The van der Waals surface area contributed by atoms with Gasteiger partial charge in [-0.05, 0) is 89.9 Å². The molecule has 9 heteroatoms. The van der Waals surface area contributed by atoms with Crippen molar-refractivity contribution in [3.05, 3.63) is 72.9 Å². The second-order valence-electron chi connectivity index (χ2n) is 23.4. The third kappa shape index (κ3) is 62.2. The van der Waals surface area contributed by atoms with Crippen LogP contribution in [-0.2, 0) is 33.3 Å². The van der Waals surface area contributed by atoms with E-state index in [4.69, 9.17) is 18.9 Å². The first-order valence-electron chi connectivity index (χ1n) is 33.1. The second-order valence-corrected chi connectivity index (χ2v) is 23.4. The molecular weight excluding hydrogens is 983 g/mol. The lowest BCUT2D eigenvalue weighted by molar-refractivity contribution is -0.870. The molecule has 458 valence electrons. The third-order valence-electron chi connectivity index (χ3n) is 14.4. The van der Waals surface area contributed by atoms with E-state index in [1.807, 2.05) is 21.1 Å². The zero-order chi connectivity index (χ0) is 57.6. The van der Waals surface area contributed by atoms with E-state index >= 15 is 0 Å². The predicted molar refractivity (Wildman–Crippen MR) is 334 cm³/mol. The molecule has 0 aromatic rings. The highest BCUT2D eigenvalue weighted by atomic mass is 16.7. The molecule has 0 heterocycles. The molecule has 0 saturated carbocycles. The standard InChI is InChI=1S/C70H125NO8/c1-6-8-10-12-14-16-18-20-22-24-26-28-30-32-33-34-35-37-39-41-43-45-47-49-51-53-55-57-59-61-68(73)79-66(65-78-70(69(74)75)76-63-62-71(3,4)5)64-77-67(72)60-58-56-54-52-50-48-46-44-42-40-38-36-31-29-27-25-23-21-19-17-15-13-11-9-7-2/h18-21,24-27,30-32,36,66,70H,6-17,22-23,28-29,33-35,37-65H2,1-5H3/b20-18-,21-19-,26-24-,27-25-,32-30-,36-31-. The van der Waals surface area contributed by atoms with E-state index in [0.29, 0.717) is 17.4 Å². The van der Waals surface area contributed by atoms with Crippen molar-refractivity contribution in [3.8, 4) is 0 Å². The van der Waals surface area contributed by atoms with Crippen molar-refractivity contribution >= 4 is 17.9 Å². The number of unbranched alkanes of at least 4 members (excludes halogenated alkanes) is 34. The van der Waals surface area contributed by atoms with E-state index < -0.39 is 24.3 Å². The minimum absolute atomic E-state index is 0.145. The number of ether oxygens (including phenoxy) is 4. The number of esters is 2. The smallest absolute Gasteiger partial charge is 0.306 e. The monoisotopic (exact) mass is 1110 g/mol. The van der Waals surface area contributed by atoms with Crippen molar-refractivity contribution in [2.75, 3.05) is 47.5 Å². The summed E-state index contributed by atoms with van der Waals surface area (Å²) in [6, 6.07) is 0. The van der Waals surface area contributed by atoms with E-state index in [0.717, 1.165) is 64.2 Å². The Hall–Kier alpha value is -3.27. The van der Waals surface area contributed by atoms with Gasteiger partial charge in [0.1, 0.15) is 13.2 Å². The lowest BCUT2D eigenvalue weighted by Gasteiger charge is -2.26. The highest BCUT2D eigenvalue weighted by Gasteiger charge is 2.22. The fourth-order valence-electron chi connectivity index (χ4n) is 9.32. The van der Waals surface area contributed by atoms with Crippen LogP contribution in [0.2, 0.25) is 0 Å². The molecule has 0 amide bonds. The van der Waals surface area contributed by atoms with Crippen LogP contribution in [-0.4, -0.2) is 82.3 Å². The summed E-state index contributed by atoms with van der Waals surface area (Å²) in [5.74, 6) is -2.28. The van der Waals surface area contributed by atoms with Gasteiger partial charge < -0.3 is 33.3 Å². The molecule has 0 bridgehead atoms. The van der Waals surface area contributed by atoms with Gasteiger partial charge in [-0.2, -0.15) is 0 Å². The van der Waals surface area contributed by atoms with Crippen LogP contribution in [0.4, 0.5) is 0 Å². The number of carbonyl (C=O) groups excluding carboxylic acids is 3. The number of aliphatic carboxylic acids is 1. The Morgan fingerprint density at radius 2 is 0.684 bits per heavy atom. The summed E-state index contributed by atoms with van der Waals surface area (Å²) < 4.78 is 22.8. The number of carboxylic acids is 1. The SMILES string of the molecule is CCCCCCC/C=C\C/C=C\C/C=C\CCCCCCCCCCCCCCCCC(=O)OC(COC(=O)CCCCCCCCCCCC/C=C\C/C=C\C/C=C\CCCCCCC)COC(OCC[N+](C)(C)C)C(=O)[O-]. The summed E-state index contributed by atoms with van der Waals surface area (Å²) in [5, 5.41) is 11.8. The van der Waals surface area contributed by atoms with Gasteiger partial charge in [0.2, 0.25) is 0 Å². The van der Waals surface area contributed by atoms with Gasteiger partial charge in [-0.3, -0.25) is 9.59 Å². The Labute approximate surface area is 487 Å². The van der Waals surface area contributed by atoms with E-state index in [1.165, 1.54) is 199 Å². The molecule has 0 aromatic heterocycles. The van der Waals surface area contributed by atoms with Crippen LogP contribution in [0.3, 0.4) is 0 Å². The number of hydrogen-bond donors (Lipinski definition) is 0. The molecule has 2 unspecified atom stereocenters. The minimum Gasteiger partial charge on any atom is -0.545 e. The first kappa shape index (κ1) is 75.7. The van der Waals surface area contributed by atoms with Crippen molar-refractivity contribution in [2.24, 2.45) is 0 Å². The molecule has 0 N–H and O–H groups in total. The third-order valence-corrected chi connectivity index (χ3v) is 14.4. The van der Waals surface area contributed by atoms with Crippen molar-refractivity contribution in [2.45, 2.75) is 309 Å². The molecule has 0 spiro atoms. The van der Waals surface area contributed by atoms with Crippen molar-refractivity contribution in [1.82, 2.24) is 0 Å². The topological polar surface area (TPSA) is 111 Å². The van der Waals surface area contributed by atoms with Crippen molar-refractivity contribution in [3.63, 3.8) is 0 Å². The molecule has 0 radical (unpaired) electrons. The first-order valence-corrected chi connectivity index (χ1v) is 33.1. The summed E-state index contributed by atoms with van der Waals surface area (Å²) in [6.07, 6.45) is 76.7. The Kier molecular flexibility index (Phi) is 58.3. The van der Waals surface area contributed by atoms with Crippen LogP contribution in [0, 0.1) is 0 Å². The molecule has 2 atom stereocenters. The van der Waals surface area contributed by atoms with Gasteiger partial charge in [-0.25, -0.2) is 0 Å². The fourth-order valence-corrected chi connectivity index (χ4v) is 9.32. The van der Waals surface area contributed by atoms with E-state index in [2.05, 4.69) is 86.8 Å². The van der Waals surface area contributed by atoms with E-state index in [1.54, 1.807) is 0 Å². The molecule has 9 nitrogen and oxygen atoms in total. The molecular formula is C70H125NO8. The highest BCUT2D eigenvalue weighted by Crippen LogP contribution is 2.17. The molecule has 0 rings (SSSR count). The summed E-state index contributed by atoms with van der Waals surface area (Å²) in [4.78, 5) is 37.4. The van der Waals surface area contributed by atoms with Crippen LogP contribution in [0.15, 0.2) is 72.9 Å². The minimum atomic E-state index is -1.63. The molecule has 0 aliphatic heterocycles. The van der Waals surface area contributed by atoms with Crippen molar-refractivity contribution in [1.29, 1.82) is 0 Å². The van der Waals surface area contributed by atoms with Crippen LogP contribution >= 0.6 is 0 Å². The van der Waals surface area contributed by atoms with Gasteiger partial charge >= 0.3 is 11.9 Å². The maximum atomic E-state index is 12.9. The van der Waals surface area contributed by atoms with Crippen LogP contribution in [0.25, 0.3) is 0 Å². The lowest BCUT2D eigenvalue weighted by Crippen LogP contribution is -2.44. The fraction of sp³-hybridized carbons (Fsp3) is 0.786. The van der Waals surface area contributed by atoms with Gasteiger partial charge in [-0.1, -0.05) is 267 Å². The number of hydrogen-bond acceptors (Lipinski definition) is 8. The van der Waals surface area contributed by atoms with E-state index in [-0.39, 0.29) is 38.6 Å². The summed E-state index contributed by atoms with van der Waals surface area (Å²) in [5.41, 5.74) is 0. The van der Waals surface area contributed by atoms with Crippen LogP contribution in [0.5, 0.6) is 0 Å². The predicted octanol–water partition coefficient (Wildman–Crippen LogP) is 18.8. The number of likely N-dealkylation sites (N-methyl/N-ethyl adjacent to an activating group) is 1. The number of carbonyl (C=O) groups is 3. The molecule has 0 aliphatic carbocycles. The van der Waals surface area contributed by atoms with Gasteiger partial charge in [0, 0.05) is 12.8 Å². The number of rotatable bonds is 61. The van der Waals surface area contributed by atoms with Gasteiger partial charge in [0.25, 0.3) is 0 Å². The molecule has 79 heavy (non-hydrogen) atoms. The Morgan fingerprint density at radius 3 is 1.01 bits per heavy atom. The average Bonchev–Trinajstić information content (AvgIpc) is 3.42. The Balaban J connectivity index is 4.17. The molecule has 0 fully saturated rings. The summed E-state index contributed by atoms with van der Waals surface area (Å²) in [6.45, 7) is 4.75. The number of nitrogens with zero attached hydrogens (tertiary/aromatic N) is 1. The molecule has 0 saturated heterocycles. The number of carboxylic acid groups (broad SMARTS) is 1. The Morgan fingerprint density at radius 1 is 0.380 bits per heavy atom. The molecule has 0 aliphatic rings. The van der Waals surface area contributed by atoms with Crippen LogP contribution < -0.4 is 5.11 Å². The maximum Gasteiger partial charge on any atom is 0.306 e. The lowest BCUT2D eigenvalue weighted by atomic mass is 10.0. The van der Waals surface area contributed by atoms with Gasteiger partial charge in [0.05, 0.1) is 40.3 Å². The largest absolute Gasteiger partial charge is 0.545 e. The Bertz CT molecular complexity index is 1520. The summed E-state index contributed by atoms with van der Waals surface area (Å²) >= 11 is 0. The van der Waals surface area contributed by atoms with Gasteiger partial charge in [0.15, 0.2) is 12.4 Å². The quantitative estimate of drug-likeness (QED) is 0.0195. The maximum absolute atomic E-state index is 12.9. The number of allylic oxidation sites excluding steroid dienone is 12. The first-order chi connectivity index (χ1) is 38.6. The zero-order valence-corrected chi connectivity index (χ0v) is 52.2. The zero-order valence-electron chi connectivity index (χ0n) is 52.2. The second kappa shape index (κ2) is 60.8. The van der Waals surface area contributed by atoms with Crippen molar-refractivity contribution < 1.29 is 42.9 Å². The van der Waals surface area contributed by atoms with Gasteiger partial charge in [-0.15, -0.1) is 0 Å². The molecule has 0 aromatic carbocycles. The average molecular weight is 1110 g/mol. The number of quaternary nitrogens is 1. The normalized spacial score (nSPS) is 13.2. The summed E-state index contributed by atoms with van der Waals surface area (Å²) in [7, 11) is 5.93. The highest BCUT2D eigenvalue weighted by molar-refractivity contribution is 5.70.